The molecule has 3 aliphatic heterocycles. The van der Waals surface area contributed by atoms with Crippen molar-refractivity contribution < 1.29 is 14.3 Å². The number of ether oxygens (including phenoxy) is 1. The van der Waals surface area contributed by atoms with Crippen molar-refractivity contribution in [2.45, 2.75) is 63.1 Å². The summed E-state index contributed by atoms with van der Waals surface area (Å²) < 4.78 is 6.18. The first-order chi connectivity index (χ1) is 15.6. The zero-order chi connectivity index (χ0) is 22.3. The summed E-state index contributed by atoms with van der Waals surface area (Å²) in [5, 5.41) is 2.83. The van der Waals surface area contributed by atoms with Gasteiger partial charge in [-0.15, -0.1) is 0 Å². The molecule has 1 aromatic carbocycles. The molecule has 2 amide bonds. The SMILES string of the molecule is CNC(=O)[C@@H]1C[C@H](Oc2ccccc2)CN1C1CCN(C(=O)CN2CCCCCC2)CC1. The molecule has 4 rings (SSSR count). The van der Waals surface area contributed by atoms with Crippen LogP contribution in [0.15, 0.2) is 30.3 Å². The van der Waals surface area contributed by atoms with E-state index in [1.165, 1.54) is 25.7 Å². The van der Waals surface area contributed by atoms with E-state index in [4.69, 9.17) is 4.74 Å². The van der Waals surface area contributed by atoms with Crippen LogP contribution < -0.4 is 10.1 Å². The molecule has 3 fully saturated rings. The fraction of sp³-hybridized carbons (Fsp3) is 0.680. The van der Waals surface area contributed by atoms with Gasteiger partial charge in [-0.1, -0.05) is 31.0 Å². The second-order valence-corrected chi connectivity index (χ2v) is 9.42. The summed E-state index contributed by atoms with van der Waals surface area (Å²) in [6, 6.07) is 9.98. The molecule has 32 heavy (non-hydrogen) atoms. The van der Waals surface area contributed by atoms with Crippen LogP contribution in [0.3, 0.4) is 0 Å². The molecule has 1 N–H and O–H groups in total. The van der Waals surface area contributed by atoms with E-state index < -0.39 is 0 Å². The lowest BCUT2D eigenvalue weighted by Gasteiger charge is -2.39. The van der Waals surface area contributed by atoms with E-state index in [2.05, 4.69) is 15.1 Å². The minimum atomic E-state index is -0.168. The summed E-state index contributed by atoms with van der Waals surface area (Å²) in [6.07, 6.45) is 7.51. The summed E-state index contributed by atoms with van der Waals surface area (Å²) in [4.78, 5) is 32.2. The predicted molar refractivity (Wildman–Crippen MR) is 125 cm³/mol. The van der Waals surface area contributed by atoms with Gasteiger partial charge in [-0.05, 0) is 50.9 Å². The van der Waals surface area contributed by atoms with Gasteiger partial charge in [0.1, 0.15) is 11.9 Å². The normalized spacial score (nSPS) is 26.0. The maximum atomic E-state index is 12.9. The summed E-state index contributed by atoms with van der Waals surface area (Å²) in [7, 11) is 1.70. The van der Waals surface area contributed by atoms with Crippen LogP contribution in [-0.2, 0) is 9.59 Å². The Kier molecular flexibility index (Phi) is 8.03. The number of hydrogen-bond acceptors (Lipinski definition) is 5. The molecule has 0 aliphatic carbocycles. The average molecular weight is 443 g/mol. The Bertz CT molecular complexity index is 743. The number of para-hydroxylation sites is 1. The van der Waals surface area contributed by atoms with Crippen molar-refractivity contribution in [3.05, 3.63) is 30.3 Å². The predicted octanol–water partition coefficient (Wildman–Crippen LogP) is 2.12. The molecule has 3 heterocycles. The zero-order valence-electron chi connectivity index (χ0n) is 19.4. The van der Waals surface area contributed by atoms with Gasteiger partial charge < -0.3 is 15.0 Å². The Labute approximate surface area is 192 Å². The number of rotatable bonds is 6. The maximum Gasteiger partial charge on any atom is 0.237 e. The van der Waals surface area contributed by atoms with Crippen LogP contribution >= 0.6 is 0 Å². The van der Waals surface area contributed by atoms with E-state index in [-0.39, 0.29) is 24.0 Å². The van der Waals surface area contributed by atoms with Crippen molar-refractivity contribution in [1.29, 1.82) is 0 Å². The molecule has 0 aromatic heterocycles. The molecular weight excluding hydrogens is 404 g/mol. The molecule has 0 saturated carbocycles. The van der Waals surface area contributed by atoms with Gasteiger partial charge in [0.05, 0.1) is 12.6 Å². The minimum absolute atomic E-state index is 0.00222. The number of piperidine rings is 1. The molecule has 2 atom stereocenters. The summed E-state index contributed by atoms with van der Waals surface area (Å²) in [5.41, 5.74) is 0. The number of likely N-dealkylation sites (tertiary alicyclic amines) is 3. The smallest absolute Gasteiger partial charge is 0.237 e. The number of carbonyl (C=O) groups excluding carboxylic acids is 2. The summed E-state index contributed by atoms with van der Waals surface area (Å²) >= 11 is 0. The number of amides is 2. The molecule has 3 aliphatic rings. The third-order valence-electron chi connectivity index (χ3n) is 7.24. The fourth-order valence-corrected chi connectivity index (χ4v) is 5.46. The van der Waals surface area contributed by atoms with E-state index in [0.29, 0.717) is 19.0 Å². The lowest BCUT2D eigenvalue weighted by atomic mass is 10.0. The van der Waals surface area contributed by atoms with E-state index >= 15 is 0 Å². The molecule has 0 bridgehead atoms. The Morgan fingerprint density at radius 2 is 1.69 bits per heavy atom. The van der Waals surface area contributed by atoms with Gasteiger partial charge in [0.15, 0.2) is 0 Å². The van der Waals surface area contributed by atoms with Gasteiger partial charge in [0.25, 0.3) is 0 Å². The van der Waals surface area contributed by atoms with Crippen LogP contribution in [0.5, 0.6) is 5.75 Å². The second-order valence-electron chi connectivity index (χ2n) is 9.42. The van der Waals surface area contributed by atoms with Crippen LogP contribution in [0.1, 0.15) is 44.9 Å². The minimum Gasteiger partial charge on any atom is -0.489 e. The van der Waals surface area contributed by atoms with Crippen molar-refractivity contribution in [3.63, 3.8) is 0 Å². The highest BCUT2D eigenvalue weighted by Crippen LogP contribution is 2.29. The van der Waals surface area contributed by atoms with Crippen molar-refractivity contribution in [2.24, 2.45) is 0 Å². The van der Waals surface area contributed by atoms with Gasteiger partial charge in [-0.3, -0.25) is 19.4 Å². The van der Waals surface area contributed by atoms with Crippen molar-refractivity contribution in [2.75, 3.05) is 46.3 Å². The Morgan fingerprint density at radius 1 is 1.00 bits per heavy atom. The lowest BCUT2D eigenvalue weighted by Crippen LogP contribution is -2.52. The molecule has 0 unspecified atom stereocenters. The highest BCUT2D eigenvalue weighted by Gasteiger charge is 2.42. The Morgan fingerprint density at radius 3 is 2.34 bits per heavy atom. The number of nitrogens with one attached hydrogen (secondary N) is 1. The largest absolute Gasteiger partial charge is 0.489 e. The number of nitrogens with zero attached hydrogens (tertiary/aromatic N) is 3. The fourth-order valence-electron chi connectivity index (χ4n) is 5.46. The highest BCUT2D eigenvalue weighted by molar-refractivity contribution is 5.82. The third kappa shape index (κ3) is 5.81. The van der Waals surface area contributed by atoms with E-state index in [1.54, 1.807) is 7.05 Å². The first-order valence-corrected chi connectivity index (χ1v) is 12.3. The molecule has 0 spiro atoms. The van der Waals surface area contributed by atoms with E-state index in [0.717, 1.165) is 51.3 Å². The van der Waals surface area contributed by atoms with Gasteiger partial charge >= 0.3 is 0 Å². The van der Waals surface area contributed by atoms with Crippen LogP contribution in [0.2, 0.25) is 0 Å². The van der Waals surface area contributed by atoms with Crippen LogP contribution in [0.25, 0.3) is 0 Å². The summed E-state index contributed by atoms with van der Waals surface area (Å²) in [5.74, 6) is 1.17. The Balaban J connectivity index is 1.31. The van der Waals surface area contributed by atoms with Gasteiger partial charge in [0.2, 0.25) is 11.8 Å². The molecular formula is C25H38N4O3. The lowest BCUT2D eigenvalue weighted by molar-refractivity contribution is -0.135. The first-order valence-electron chi connectivity index (χ1n) is 12.3. The quantitative estimate of drug-likeness (QED) is 0.731. The summed E-state index contributed by atoms with van der Waals surface area (Å²) in [6.45, 7) is 4.96. The molecule has 0 radical (unpaired) electrons. The average Bonchev–Trinajstić information content (AvgIpc) is 3.07. The van der Waals surface area contributed by atoms with Crippen molar-refractivity contribution >= 4 is 11.8 Å². The third-order valence-corrected chi connectivity index (χ3v) is 7.24. The van der Waals surface area contributed by atoms with Crippen LogP contribution in [-0.4, -0.2) is 91.0 Å². The highest BCUT2D eigenvalue weighted by atomic mass is 16.5. The van der Waals surface area contributed by atoms with Crippen molar-refractivity contribution in [3.8, 4) is 5.75 Å². The van der Waals surface area contributed by atoms with Gasteiger partial charge in [-0.25, -0.2) is 0 Å². The molecule has 176 valence electrons. The number of hydrogen-bond donors (Lipinski definition) is 1. The van der Waals surface area contributed by atoms with E-state index in [1.807, 2.05) is 35.2 Å². The molecule has 1 aromatic rings. The maximum absolute atomic E-state index is 12.9. The molecule has 7 heteroatoms. The topological polar surface area (TPSA) is 65.1 Å². The zero-order valence-corrected chi connectivity index (χ0v) is 19.4. The van der Waals surface area contributed by atoms with Crippen LogP contribution in [0.4, 0.5) is 0 Å². The van der Waals surface area contributed by atoms with Crippen LogP contribution in [0, 0.1) is 0 Å². The van der Waals surface area contributed by atoms with E-state index in [9.17, 15) is 9.59 Å². The van der Waals surface area contributed by atoms with Gasteiger partial charge in [-0.2, -0.15) is 0 Å². The number of likely N-dealkylation sites (N-methyl/N-ethyl adjacent to an activating group) is 1. The molecule has 3 saturated heterocycles. The molecule has 7 nitrogen and oxygen atoms in total. The monoisotopic (exact) mass is 442 g/mol. The first kappa shape index (κ1) is 23.1. The second kappa shape index (κ2) is 11.1. The number of benzene rings is 1. The van der Waals surface area contributed by atoms with Crippen molar-refractivity contribution in [1.82, 2.24) is 20.0 Å². The Hall–Kier alpha value is -2.12. The number of carbonyl (C=O) groups is 2. The van der Waals surface area contributed by atoms with Gasteiger partial charge in [0, 0.05) is 39.1 Å². The standard InChI is InChI=1S/C25H38N4O3/c1-26-25(31)23-17-22(32-21-9-5-4-6-10-21)18-29(23)20-11-15-28(16-12-20)24(30)19-27-13-7-2-3-8-14-27/h4-6,9-10,20,22-23H,2-3,7-8,11-19H2,1H3,(H,26,31)/t22-,23-/m0/s1.